The number of benzene rings is 2. The van der Waals surface area contributed by atoms with E-state index in [0.717, 1.165) is 27.0 Å². The van der Waals surface area contributed by atoms with Gasteiger partial charge in [-0.3, -0.25) is 9.59 Å². The molecule has 2 aromatic heterocycles. The van der Waals surface area contributed by atoms with E-state index < -0.39 is 16.9 Å². The van der Waals surface area contributed by atoms with E-state index in [-0.39, 0.29) is 21.6 Å². The molecule has 0 fully saturated rings. The molecular weight excluding hydrogens is 365 g/mol. The lowest BCUT2D eigenvalue weighted by Gasteiger charge is -2.01. The van der Waals surface area contributed by atoms with E-state index in [4.69, 9.17) is 0 Å². The lowest BCUT2D eigenvalue weighted by Crippen LogP contribution is -2.28. The van der Waals surface area contributed by atoms with E-state index in [1.165, 1.54) is 12.1 Å². The standard InChI is InChI=1S/C20H14FN3O2S/c1-12-6-8-13(9-7-12)10-16-18(25)22-20-24(23-16)19(26)17(27-20)11-14-4-2-3-5-15(14)21/h2-9,11H,10H2,1H3/b17-11-. The molecule has 0 radical (unpaired) electrons. The van der Waals surface area contributed by atoms with Crippen LogP contribution in [-0.2, 0) is 6.42 Å². The average molecular weight is 379 g/mol. The minimum absolute atomic E-state index is 0.195. The highest BCUT2D eigenvalue weighted by atomic mass is 32.1. The summed E-state index contributed by atoms with van der Waals surface area (Å²) >= 11 is 1.01. The number of nitrogens with zero attached hydrogens (tertiary/aromatic N) is 3. The highest BCUT2D eigenvalue weighted by Gasteiger charge is 2.12. The van der Waals surface area contributed by atoms with Crippen LogP contribution in [0.3, 0.4) is 0 Å². The molecule has 0 aliphatic rings. The maximum absolute atomic E-state index is 13.8. The molecule has 0 aliphatic carbocycles. The second kappa shape index (κ2) is 6.85. The van der Waals surface area contributed by atoms with E-state index in [9.17, 15) is 14.0 Å². The molecule has 0 saturated carbocycles. The summed E-state index contributed by atoms with van der Waals surface area (Å²) in [7, 11) is 0. The van der Waals surface area contributed by atoms with Crippen molar-refractivity contribution in [3.63, 3.8) is 0 Å². The molecule has 0 bridgehead atoms. The maximum Gasteiger partial charge on any atom is 0.296 e. The van der Waals surface area contributed by atoms with Gasteiger partial charge in [-0.15, -0.1) is 0 Å². The van der Waals surface area contributed by atoms with Gasteiger partial charge >= 0.3 is 0 Å². The second-order valence-corrected chi connectivity index (χ2v) is 7.17. The topological polar surface area (TPSA) is 64.3 Å². The molecule has 7 heteroatoms. The Morgan fingerprint density at radius 2 is 1.85 bits per heavy atom. The number of thiazole rings is 1. The van der Waals surface area contributed by atoms with Gasteiger partial charge < -0.3 is 0 Å². The third kappa shape index (κ3) is 3.41. The third-order valence-electron chi connectivity index (χ3n) is 4.13. The zero-order valence-corrected chi connectivity index (χ0v) is 15.2. The lowest BCUT2D eigenvalue weighted by molar-refractivity contribution is 0.625. The van der Waals surface area contributed by atoms with Crippen molar-refractivity contribution in [2.75, 3.05) is 0 Å². The fourth-order valence-electron chi connectivity index (χ4n) is 2.68. The summed E-state index contributed by atoms with van der Waals surface area (Å²) in [6.45, 7) is 1.98. The Labute approximate surface area is 157 Å². The first-order valence-corrected chi connectivity index (χ1v) is 9.07. The van der Waals surface area contributed by atoms with Crippen LogP contribution in [-0.4, -0.2) is 14.6 Å². The Kier molecular flexibility index (Phi) is 4.37. The molecule has 0 atom stereocenters. The van der Waals surface area contributed by atoms with Crippen molar-refractivity contribution < 1.29 is 4.39 Å². The molecule has 0 saturated heterocycles. The van der Waals surface area contributed by atoms with Crippen LogP contribution in [0.4, 0.5) is 4.39 Å². The Hall–Kier alpha value is -3.19. The highest BCUT2D eigenvalue weighted by Crippen LogP contribution is 2.09. The second-order valence-electron chi connectivity index (χ2n) is 6.16. The summed E-state index contributed by atoms with van der Waals surface area (Å²) in [5.74, 6) is -0.426. The number of aromatic nitrogens is 3. The van der Waals surface area contributed by atoms with Crippen LogP contribution in [0.1, 0.15) is 22.4 Å². The van der Waals surface area contributed by atoms with Crippen molar-refractivity contribution in [3.05, 3.63) is 102 Å². The van der Waals surface area contributed by atoms with Crippen molar-refractivity contribution in [2.24, 2.45) is 0 Å². The SMILES string of the molecule is Cc1ccc(Cc2nn3c(=O)/c(=C/c4ccccc4F)sc3nc2=O)cc1. The Morgan fingerprint density at radius 1 is 1.11 bits per heavy atom. The first kappa shape index (κ1) is 17.2. The van der Waals surface area contributed by atoms with Crippen molar-refractivity contribution in [3.8, 4) is 0 Å². The van der Waals surface area contributed by atoms with Crippen molar-refractivity contribution in [2.45, 2.75) is 13.3 Å². The minimum Gasteiger partial charge on any atom is -0.266 e. The van der Waals surface area contributed by atoms with E-state index in [1.807, 2.05) is 31.2 Å². The van der Waals surface area contributed by atoms with Gasteiger partial charge in [-0.05, 0) is 24.6 Å². The van der Waals surface area contributed by atoms with Gasteiger partial charge in [-0.2, -0.15) is 14.6 Å². The molecule has 0 spiro atoms. The molecule has 4 aromatic rings. The van der Waals surface area contributed by atoms with Crippen molar-refractivity contribution in [1.82, 2.24) is 14.6 Å². The molecule has 0 N–H and O–H groups in total. The van der Waals surface area contributed by atoms with Gasteiger partial charge in [0.05, 0.1) is 4.53 Å². The quantitative estimate of drug-likeness (QED) is 0.547. The van der Waals surface area contributed by atoms with Crippen LogP contribution in [0.25, 0.3) is 11.0 Å². The van der Waals surface area contributed by atoms with Crippen LogP contribution < -0.4 is 15.7 Å². The average Bonchev–Trinajstić information content (AvgIpc) is 2.94. The Bertz CT molecular complexity index is 1310. The van der Waals surface area contributed by atoms with Gasteiger partial charge in [0.2, 0.25) is 4.96 Å². The summed E-state index contributed by atoms with van der Waals surface area (Å²) < 4.78 is 15.2. The predicted molar refractivity (Wildman–Crippen MR) is 103 cm³/mol. The zero-order valence-electron chi connectivity index (χ0n) is 14.3. The number of aryl methyl sites for hydroxylation is 1. The van der Waals surface area contributed by atoms with Gasteiger partial charge in [0.1, 0.15) is 11.5 Å². The van der Waals surface area contributed by atoms with E-state index >= 15 is 0 Å². The molecule has 2 aromatic carbocycles. The fourth-order valence-corrected chi connectivity index (χ4v) is 3.58. The van der Waals surface area contributed by atoms with Gasteiger partial charge in [0.15, 0.2) is 0 Å². The first-order chi connectivity index (χ1) is 13.0. The monoisotopic (exact) mass is 379 g/mol. The van der Waals surface area contributed by atoms with Crippen LogP contribution >= 0.6 is 11.3 Å². The summed E-state index contributed by atoms with van der Waals surface area (Å²) in [4.78, 5) is 29.1. The Morgan fingerprint density at radius 3 is 2.59 bits per heavy atom. The largest absolute Gasteiger partial charge is 0.296 e. The molecule has 2 heterocycles. The molecular formula is C20H14FN3O2S. The third-order valence-corrected chi connectivity index (χ3v) is 5.09. The number of rotatable bonds is 3. The van der Waals surface area contributed by atoms with E-state index in [1.54, 1.807) is 18.2 Å². The smallest absolute Gasteiger partial charge is 0.266 e. The lowest BCUT2D eigenvalue weighted by atomic mass is 10.1. The fraction of sp³-hybridized carbons (Fsp3) is 0.100. The summed E-state index contributed by atoms with van der Waals surface area (Å²) in [5.41, 5.74) is 1.63. The van der Waals surface area contributed by atoms with Crippen LogP contribution in [0.15, 0.2) is 58.1 Å². The summed E-state index contributed by atoms with van der Waals surface area (Å²) in [6.07, 6.45) is 1.74. The molecule has 4 rings (SSSR count). The molecule has 134 valence electrons. The maximum atomic E-state index is 13.8. The molecule has 0 amide bonds. The highest BCUT2D eigenvalue weighted by molar-refractivity contribution is 7.15. The first-order valence-electron chi connectivity index (χ1n) is 8.26. The number of halogens is 1. The van der Waals surface area contributed by atoms with Crippen molar-refractivity contribution in [1.29, 1.82) is 0 Å². The number of hydrogen-bond donors (Lipinski definition) is 0. The molecule has 27 heavy (non-hydrogen) atoms. The number of fused-ring (bicyclic) bond motifs is 1. The Balaban J connectivity index is 1.82. The zero-order chi connectivity index (χ0) is 19.0. The van der Waals surface area contributed by atoms with E-state index in [2.05, 4.69) is 10.1 Å². The summed E-state index contributed by atoms with van der Waals surface area (Å²) in [6, 6.07) is 13.9. The van der Waals surface area contributed by atoms with Gasteiger partial charge in [0.25, 0.3) is 11.1 Å². The van der Waals surface area contributed by atoms with Gasteiger partial charge in [-0.1, -0.05) is 59.4 Å². The van der Waals surface area contributed by atoms with E-state index in [0.29, 0.717) is 5.56 Å². The van der Waals surface area contributed by atoms with Crippen molar-refractivity contribution >= 4 is 22.4 Å². The van der Waals surface area contributed by atoms with Crippen LogP contribution in [0.2, 0.25) is 0 Å². The normalized spacial score (nSPS) is 12.0. The van der Waals surface area contributed by atoms with Crippen LogP contribution in [0.5, 0.6) is 0 Å². The van der Waals surface area contributed by atoms with Gasteiger partial charge in [-0.25, -0.2) is 4.39 Å². The minimum atomic E-state index is -0.464. The predicted octanol–water partition coefficient (Wildman–Crippen LogP) is 2.10. The molecule has 0 unspecified atom stereocenters. The molecule has 5 nitrogen and oxygen atoms in total. The van der Waals surface area contributed by atoms with Gasteiger partial charge in [0, 0.05) is 12.0 Å². The summed E-state index contributed by atoms with van der Waals surface area (Å²) in [5, 5.41) is 4.20. The number of hydrogen-bond acceptors (Lipinski definition) is 5. The van der Waals surface area contributed by atoms with Crippen LogP contribution in [0, 0.1) is 12.7 Å². The molecule has 0 aliphatic heterocycles.